The largest absolute Gasteiger partial charge is 0.379 e. The molecule has 2 aromatic rings. The molecular formula is C13H19ClN6O3S. The highest BCUT2D eigenvalue weighted by atomic mass is 35.5. The smallest absolute Gasteiger partial charge is 0.244 e. The van der Waals surface area contributed by atoms with Gasteiger partial charge >= 0.3 is 0 Å². The molecule has 1 aliphatic heterocycles. The lowest BCUT2D eigenvalue weighted by molar-refractivity contribution is 0.0730. The highest BCUT2D eigenvalue weighted by molar-refractivity contribution is 7.89. The minimum atomic E-state index is -3.55. The average molecular weight is 375 g/mol. The van der Waals surface area contributed by atoms with E-state index in [9.17, 15) is 8.42 Å². The van der Waals surface area contributed by atoms with Crippen molar-refractivity contribution in [1.82, 2.24) is 24.1 Å². The van der Waals surface area contributed by atoms with Crippen molar-refractivity contribution in [3.05, 3.63) is 30.5 Å². The first kappa shape index (κ1) is 18.7. The zero-order chi connectivity index (χ0) is 16.4. The summed E-state index contributed by atoms with van der Waals surface area (Å²) < 4.78 is 33.1. The molecule has 1 aliphatic rings. The summed E-state index contributed by atoms with van der Waals surface area (Å²) in [7, 11) is -3.55. The minimum absolute atomic E-state index is 0. The van der Waals surface area contributed by atoms with Gasteiger partial charge in [0.1, 0.15) is 11.2 Å². The predicted octanol–water partition coefficient (Wildman–Crippen LogP) is 0.125. The van der Waals surface area contributed by atoms with Gasteiger partial charge in [0.25, 0.3) is 0 Å². The molecule has 1 fully saturated rings. The van der Waals surface area contributed by atoms with Crippen LogP contribution in [0, 0.1) is 0 Å². The van der Waals surface area contributed by atoms with E-state index in [0.29, 0.717) is 37.9 Å². The van der Waals surface area contributed by atoms with Crippen molar-refractivity contribution in [1.29, 1.82) is 0 Å². The Kier molecular flexibility index (Phi) is 5.88. The third-order valence-corrected chi connectivity index (χ3v) is 5.41. The van der Waals surface area contributed by atoms with E-state index >= 15 is 0 Å². The summed E-state index contributed by atoms with van der Waals surface area (Å²) >= 11 is 0. The number of rotatable bonds is 4. The molecule has 2 aromatic heterocycles. The van der Waals surface area contributed by atoms with Crippen molar-refractivity contribution in [3.63, 3.8) is 0 Å². The van der Waals surface area contributed by atoms with Crippen LogP contribution in [0.15, 0.2) is 29.6 Å². The molecule has 1 saturated heterocycles. The molecule has 0 saturated carbocycles. The lowest BCUT2D eigenvalue weighted by Gasteiger charge is -2.25. The molecule has 11 heteroatoms. The standard InChI is InChI=1S/C13H18N6O3S.ClH/c1-10(14)13-16-9-17-19(13)12-3-2-11(8-15-12)23(20,21)18-4-6-22-7-5-18;/h2-3,8-10H,4-7,14H2,1H3;1H/t10-;/m0./s1. The van der Waals surface area contributed by atoms with E-state index in [1.54, 1.807) is 13.0 Å². The molecule has 24 heavy (non-hydrogen) atoms. The summed E-state index contributed by atoms with van der Waals surface area (Å²) in [6.07, 6.45) is 2.71. The third kappa shape index (κ3) is 3.57. The van der Waals surface area contributed by atoms with Gasteiger partial charge in [-0.15, -0.1) is 12.4 Å². The summed E-state index contributed by atoms with van der Waals surface area (Å²) in [5.74, 6) is 1.03. The second-order valence-electron chi connectivity index (χ2n) is 5.19. The van der Waals surface area contributed by atoms with E-state index in [0.717, 1.165) is 0 Å². The molecule has 3 heterocycles. The number of hydrogen-bond donors (Lipinski definition) is 1. The van der Waals surface area contributed by atoms with Gasteiger partial charge < -0.3 is 10.5 Å². The number of halogens is 1. The van der Waals surface area contributed by atoms with Crippen molar-refractivity contribution < 1.29 is 13.2 Å². The Bertz CT molecular complexity index is 771. The minimum Gasteiger partial charge on any atom is -0.379 e. The monoisotopic (exact) mass is 374 g/mol. The Morgan fingerprint density at radius 3 is 2.54 bits per heavy atom. The maximum absolute atomic E-state index is 12.5. The molecule has 9 nitrogen and oxygen atoms in total. The molecule has 0 radical (unpaired) electrons. The number of nitrogens with zero attached hydrogens (tertiary/aromatic N) is 5. The van der Waals surface area contributed by atoms with Crippen molar-refractivity contribution in [2.75, 3.05) is 26.3 Å². The first-order valence-corrected chi connectivity index (χ1v) is 8.64. The molecule has 2 N–H and O–H groups in total. The maximum Gasteiger partial charge on any atom is 0.244 e. The van der Waals surface area contributed by atoms with Crippen LogP contribution in [-0.2, 0) is 14.8 Å². The van der Waals surface area contributed by atoms with Gasteiger partial charge in [-0.25, -0.2) is 18.4 Å². The van der Waals surface area contributed by atoms with Gasteiger partial charge in [0.2, 0.25) is 10.0 Å². The molecular weight excluding hydrogens is 356 g/mol. The van der Waals surface area contributed by atoms with Crippen LogP contribution in [0.2, 0.25) is 0 Å². The Morgan fingerprint density at radius 2 is 1.96 bits per heavy atom. The topological polar surface area (TPSA) is 116 Å². The average Bonchev–Trinajstić information content (AvgIpc) is 3.06. The van der Waals surface area contributed by atoms with Crippen molar-refractivity contribution >= 4 is 22.4 Å². The van der Waals surface area contributed by atoms with Gasteiger partial charge in [0, 0.05) is 19.3 Å². The van der Waals surface area contributed by atoms with Crippen molar-refractivity contribution in [2.24, 2.45) is 5.73 Å². The highest BCUT2D eigenvalue weighted by Crippen LogP contribution is 2.18. The zero-order valence-corrected chi connectivity index (χ0v) is 14.7. The van der Waals surface area contributed by atoms with Crippen LogP contribution < -0.4 is 5.73 Å². The second-order valence-corrected chi connectivity index (χ2v) is 7.13. The number of nitrogens with two attached hydrogens (primary N) is 1. The van der Waals surface area contributed by atoms with Gasteiger partial charge in [-0.2, -0.15) is 14.1 Å². The third-order valence-electron chi connectivity index (χ3n) is 3.53. The van der Waals surface area contributed by atoms with E-state index in [2.05, 4.69) is 15.1 Å². The fraction of sp³-hybridized carbons (Fsp3) is 0.462. The number of sulfonamides is 1. The molecule has 1 atom stereocenters. The van der Waals surface area contributed by atoms with Gasteiger partial charge in [0.05, 0.1) is 19.3 Å². The van der Waals surface area contributed by atoms with E-state index < -0.39 is 10.0 Å². The number of pyridine rings is 1. The van der Waals surface area contributed by atoms with Crippen LogP contribution in [0.1, 0.15) is 18.8 Å². The normalized spacial score (nSPS) is 17.2. The number of ether oxygens (including phenoxy) is 1. The molecule has 0 spiro atoms. The summed E-state index contributed by atoms with van der Waals surface area (Å²) in [5.41, 5.74) is 5.83. The van der Waals surface area contributed by atoms with Crippen LogP contribution >= 0.6 is 12.4 Å². The molecule has 0 aliphatic carbocycles. The molecule has 0 amide bonds. The Labute approximate surface area is 146 Å². The van der Waals surface area contributed by atoms with Gasteiger partial charge in [-0.1, -0.05) is 0 Å². The molecule has 0 bridgehead atoms. The fourth-order valence-corrected chi connectivity index (χ4v) is 3.68. The van der Waals surface area contributed by atoms with E-state index in [4.69, 9.17) is 10.5 Å². The van der Waals surface area contributed by atoms with Gasteiger partial charge in [-0.05, 0) is 19.1 Å². The van der Waals surface area contributed by atoms with E-state index in [1.807, 2.05) is 0 Å². The van der Waals surface area contributed by atoms with Crippen LogP contribution in [0.25, 0.3) is 5.82 Å². The molecule has 3 rings (SSSR count). The lowest BCUT2D eigenvalue weighted by Crippen LogP contribution is -2.40. The highest BCUT2D eigenvalue weighted by Gasteiger charge is 2.26. The molecule has 0 aromatic carbocycles. The molecule has 0 unspecified atom stereocenters. The Morgan fingerprint density at radius 1 is 1.25 bits per heavy atom. The number of aromatic nitrogens is 4. The van der Waals surface area contributed by atoms with Gasteiger partial charge in [0.15, 0.2) is 11.6 Å². The summed E-state index contributed by atoms with van der Waals surface area (Å²) in [4.78, 5) is 8.42. The number of morpholine rings is 1. The maximum atomic E-state index is 12.5. The fourth-order valence-electron chi connectivity index (χ4n) is 2.32. The first-order chi connectivity index (χ1) is 11.0. The zero-order valence-electron chi connectivity index (χ0n) is 13.1. The summed E-state index contributed by atoms with van der Waals surface area (Å²) in [6, 6.07) is 2.80. The van der Waals surface area contributed by atoms with E-state index in [-0.39, 0.29) is 23.3 Å². The van der Waals surface area contributed by atoms with Crippen LogP contribution in [0.5, 0.6) is 0 Å². The second kappa shape index (κ2) is 7.53. The first-order valence-electron chi connectivity index (χ1n) is 7.20. The van der Waals surface area contributed by atoms with Crippen LogP contribution in [-0.4, -0.2) is 58.8 Å². The van der Waals surface area contributed by atoms with Crippen molar-refractivity contribution in [2.45, 2.75) is 17.9 Å². The lowest BCUT2D eigenvalue weighted by atomic mass is 10.3. The quantitative estimate of drug-likeness (QED) is 0.808. The number of hydrogen-bond acceptors (Lipinski definition) is 7. The summed E-state index contributed by atoms with van der Waals surface area (Å²) in [6.45, 7) is 3.30. The Balaban J connectivity index is 0.00000208. The summed E-state index contributed by atoms with van der Waals surface area (Å²) in [5, 5.41) is 4.08. The van der Waals surface area contributed by atoms with Crippen LogP contribution in [0.3, 0.4) is 0 Å². The van der Waals surface area contributed by atoms with Crippen molar-refractivity contribution in [3.8, 4) is 5.82 Å². The SMILES string of the molecule is C[C@H](N)c1ncnn1-c1ccc(S(=O)(=O)N2CCOCC2)cn1.Cl. The van der Waals surface area contributed by atoms with Gasteiger partial charge in [-0.3, -0.25) is 0 Å². The van der Waals surface area contributed by atoms with Crippen LogP contribution in [0.4, 0.5) is 0 Å². The Hall–Kier alpha value is -1.59. The van der Waals surface area contributed by atoms with E-state index in [1.165, 1.54) is 27.6 Å². The molecule has 132 valence electrons. The predicted molar refractivity (Wildman–Crippen MR) is 88.6 cm³/mol.